The lowest BCUT2D eigenvalue weighted by molar-refractivity contribution is -0.166. The van der Waals surface area contributed by atoms with Gasteiger partial charge >= 0.3 is 17.9 Å². The average molecular weight is 491 g/mol. The first-order valence-corrected chi connectivity index (χ1v) is 13.1. The van der Waals surface area contributed by atoms with Gasteiger partial charge in [-0.25, -0.2) is 0 Å². The maximum absolute atomic E-state index is 12.2. The molecule has 0 aliphatic rings. The Bertz CT molecular complexity index is 675. The second-order valence-corrected chi connectivity index (χ2v) is 8.32. The van der Waals surface area contributed by atoms with Crippen LogP contribution < -0.4 is 0 Å². The number of ether oxygens (including phenoxy) is 3. The zero-order valence-electron chi connectivity index (χ0n) is 22.0. The minimum atomic E-state index is -0.815. The van der Waals surface area contributed by atoms with Gasteiger partial charge in [0.25, 0.3) is 0 Å². The predicted molar refractivity (Wildman–Crippen MR) is 141 cm³/mol. The minimum absolute atomic E-state index is 0.139. The van der Waals surface area contributed by atoms with E-state index in [1.807, 2.05) is 24.3 Å². The number of carbonyl (C=O) groups is 3. The van der Waals surface area contributed by atoms with Crippen molar-refractivity contribution < 1.29 is 28.6 Å². The molecule has 0 aromatic heterocycles. The molecule has 0 fully saturated rings. The third-order valence-corrected chi connectivity index (χ3v) is 4.87. The van der Waals surface area contributed by atoms with Crippen LogP contribution in [-0.4, -0.2) is 37.2 Å². The van der Waals surface area contributed by atoms with Gasteiger partial charge in [-0.2, -0.15) is 0 Å². The van der Waals surface area contributed by atoms with Gasteiger partial charge in [0.2, 0.25) is 0 Å². The van der Waals surface area contributed by atoms with Crippen LogP contribution in [0.15, 0.2) is 48.6 Å². The third kappa shape index (κ3) is 24.3. The Morgan fingerprint density at radius 3 is 1.74 bits per heavy atom. The van der Waals surface area contributed by atoms with E-state index in [4.69, 9.17) is 14.2 Å². The van der Waals surface area contributed by atoms with Crippen LogP contribution in [0.2, 0.25) is 0 Å². The number of esters is 3. The number of allylic oxidation sites excluding steroid dienone is 8. The molecule has 198 valence electrons. The molecule has 6 nitrogen and oxygen atoms in total. The van der Waals surface area contributed by atoms with Crippen molar-refractivity contribution in [2.24, 2.45) is 0 Å². The van der Waals surface area contributed by atoms with Crippen LogP contribution >= 0.6 is 0 Å². The van der Waals surface area contributed by atoms with Crippen LogP contribution in [0.1, 0.15) is 97.8 Å². The normalized spacial score (nSPS) is 12.7. The lowest BCUT2D eigenvalue weighted by Gasteiger charge is -2.17. The Labute approximate surface area is 212 Å². The molecule has 1 atom stereocenters. The molecule has 0 spiro atoms. The van der Waals surface area contributed by atoms with Crippen molar-refractivity contribution in [3.8, 4) is 0 Å². The van der Waals surface area contributed by atoms with Gasteiger partial charge in [0.15, 0.2) is 6.10 Å². The van der Waals surface area contributed by atoms with Crippen LogP contribution in [-0.2, 0) is 28.6 Å². The van der Waals surface area contributed by atoms with Crippen LogP contribution in [0.25, 0.3) is 0 Å². The molecule has 0 aliphatic heterocycles. The summed E-state index contributed by atoms with van der Waals surface area (Å²) in [5.41, 5.74) is 0. The molecule has 0 heterocycles. The fourth-order valence-corrected chi connectivity index (χ4v) is 2.92. The highest BCUT2D eigenvalue weighted by Gasteiger charge is 2.18. The zero-order chi connectivity index (χ0) is 26.0. The summed E-state index contributed by atoms with van der Waals surface area (Å²) in [7, 11) is 0. The first-order chi connectivity index (χ1) is 17.0. The molecule has 0 aromatic carbocycles. The lowest BCUT2D eigenvalue weighted by Crippen LogP contribution is -2.30. The molecule has 0 aliphatic carbocycles. The highest BCUT2D eigenvalue weighted by molar-refractivity contribution is 5.70. The molecule has 0 saturated heterocycles. The van der Waals surface area contributed by atoms with Crippen molar-refractivity contribution >= 4 is 17.9 Å². The van der Waals surface area contributed by atoms with Gasteiger partial charge < -0.3 is 14.2 Å². The first-order valence-electron chi connectivity index (χ1n) is 13.1. The van der Waals surface area contributed by atoms with Crippen LogP contribution in [0, 0.1) is 0 Å². The number of carbonyl (C=O) groups excluding carboxylic acids is 3. The Morgan fingerprint density at radius 1 is 0.629 bits per heavy atom. The summed E-state index contributed by atoms with van der Waals surface area (Å²) in [6, 6.07) is 0. The van der Waals surface area contributed by atoms with Gasteiger partial charge in [-0.1, -0.05) is 81.7 Å². The molecule has 0 N–H and O–H groups in total. The molecule has 0 radical (unpaired) electrons. The summed E-state index contributed by atoms with van der Waals surface area (Å²) in [5, 5.41) is 0. The SMILES string of the molecule is CCC/C=C\C/C=C\CCC(=O)OCC(COC(C)=O)OC(=O)CCC=CC/C=C/CCCCC. The van der Waals surface area contributed by atoms with Crippen molar-refractivity contribution in [2.75, 3.05) is 13.2 Å². The summed E-state index contributed by atoms with van der Waals surface area (Å²) in [6.45, 7) is 5.32. The van der Waals surface area contributed by atoms with E-state index in [0.717, 1.165) is 32.1 Å². The van der Waals surface area contributed by atoms with E-state index in [0.29, 0.717) is 12.8 Å². The van der Waals surface area contributed by atoms with Gasteiger partial charge in [0, 0.05) is 19.8 Å². The largest absolute Gasteiger partial charge is 0.462 e. The van der Waals surface area contributed by atoms with E-state index in [2.05, 4.69) is 38.2 Å². The highest BCUT2D eigenvalue weighted by atomic mass is 16.6. The molecule has 0 bridgehead atoms. The van der Waals surface area contributed by atoms with Crippen LogP contribution in [0.5, 0.6) is 0 Å². The van der Waals surface area contributed by atoms with Gasteiger partial charge in [-0.15, -0.1) is 0 Å². The number of unbranched alkanes of at least 4 members (excludes halogenated alkanes) is 4. The van der Waals surface area contributed by atoms with E-state index >= 15 is 0 Å². The first kappa shape index (κ1) is 32.4. The summed E-state index contributed by atoms with van der Waals surface area (Å²) in [6.07, 6.45) is 26.0. The zero-order valence-corrected chi connectivity index (χ0v) is 22.0. The van der Waals surface area contributed by atoms with E-state index < -0.39 is 18.0 Å². The monoisotopic (exact) mass is 490 g/mol. The average Bonchev–Trinajstić information content (AvgIpc) is 2.83. The Hall–Kier alpha value is -2.63. The molecule has 0 amide bonds. The smallest absolute Gasteiger partial charge is 0.306 e. The summed E-state index contributed by atoms with van der Waals surface area (Å²) >= 11 is 0. The van der Waals surface area contributed by atoms with Gasteiger partial charge in [-0.3, -0.25) is 14.4 Å². The molecule has 0 saturated carbocycles. The quantitative estimate of drug-likeness (QED) is 0.0749. The molecule has 1 unspecified atom stereocenters. The minimum Gasteiger partial charge on any atom is -0.462 e. The fraction of sp³-hybridized carbons (Fsp3) is 0.621. The van der Waals surface area contributed by atoms with Crippen molar-refractivity contribution in [3.63, 3.8) is 0 Å². The molecular formula is C29H46O6. The third-order valence-electron chi connectivity index (χ3n) is 4.87. The van der Waals surface area contributed by atoms with E-state index in [9.17, 15) is 14.4 Å². The van der Waals surface area contributed by atoms with Crippen LogP contribution in [0.4, 0.5) is 0 Å². The molecule has 0 rings (SSSR count). The van der Waals surface area contributed by atoms with Gasteiger partial charge in [0.05, 0.1) is 0 Å². The van der Waals surface area contributed by atoms with Crippen molar-refractivity contribution in [2.45, 2.75) is 104 Å². The summed E-state index contributed by atoms with van der Waals surface area (Å²) in [5.74, 6) is -1.29. The lowest BCUT2D eigenvalue weighted by atomic mass is 10.2. The summed E-state index contributed by atoms with van der Waals surface area (Å²) in [4.78, 5) is 35.3. The molecule has 35 heavy (non-hydrogen) atoms. The molecule has 0 aromatic rings. The van der Waals surface area contributed by atoms with E-state index in [1.54, 1.807) is 0 Å². The van der Waals surface area contributed by atoms with E-state index in [-0.39, 0.29) is 32.0 Å². The topological polar surface area (TPSA) is 78.9 Å². The number of hydrogen-bond donors (Lipinski definition) is 0. The predicted octanol–water partition coefficient (Wildman–Crippen LogP) is 6.95. The maximum atomic E-state index is 12.2. The van der Waals surface area contributed by atoms with Gasteiger partial charge in [0.1, 0.15) is 13.2 Å². The van der Waals surface area contributed by atoms with Crippen LogP contribution in [0.3, 0.4) is 0 Å². The standard InChI is InChI=1S/C29H46O6/c1-4-6-8-10-12-14-15-17-19-21-23-29(32)35-27(24-33-26(3)30)25-34-28(31)22-20-18-16-13-11-9-7-5-2/h9,11-12,14,16-19,27H,4-8,10,13,15,20-25H2,1-3H3/b11-9-,14-12+,18-16-,19-17?. The second kappa shape index (κ2) is 24.5. The van der Waals surface area contributed by atoms with E-state index in [1.165, 1.54) is 26.2 Å². The van der Waals surface area contributed by atoms with Crippen molar-refractivity contribution in [3.05, 3.63) is 48.6 Å². The van der Waals surface area contributed by atoms with Gasteiger partial charge in [-0.05, 0) is 44.9 Å². The summed E-state index contributed by atoms with van der Waals surface area (Å²) < 4.78 is 15.5. The Kier molecular flexibility index (Phi) is 22.7. The Balaban J connectivity index is 4.22. The van der Waals surface area contributed by atoms with Crippen molar-refractivity contribution in [1.82, 2.24) is 0 Å². The highest BCUT2D eigenvalue weighted by Crippen LogP contribution is 2.05. The molecule has 6 heteroatoms. The number of hydrogen-bond acceptors (Lipinski definition) is 6. The fourth-order valence-electron chi connectivity index (χ4n) is 2.92. The second-order valence-electron chi connectivity index (χ2n) is 8.32. The number of rotatable bonds is 21. The Morgan fingerprint density at radius 2 is 1.17 bits per heavy atom. The maximum Gasteiger partial charge on any atom is 0.306 e. The molecular weight excluding hydrogens is 444 g/mol. The van der Waals surface area contributed by atoms with Crippen molar-refractivity contribution in [1.29, 1.82) is 0 Å².